The zero-order valence-electron chi connectivity index (χ0n) is 14.3. The van der Waals surface area contributed by atoms with Gasteiger partial charge >= 0.3 is 6.09 Å². The summed E-state index contributed by atoms with van der Waals surface area (Å²) in [6.45, 7) is 17.0. The first-order valence-corrected chi connectivity index (χ1v) is 10.0. The van der Waals surface area contributed by atoms with Gasteiger partial charge in [-0.15, -0.1) is 0 Å². The third-order valence-electron chi connectivity index (χ3n) is 3.96. The molecule has 0 aromatic carbocycles. The zero-order valence-corrected chi connectivity index (χ0v) is 15.3. The highest BCUT2D eigenvalue weighted by Crippen LogP contribution is 2.37. The molecule has 0 saturated heterocycles. The maximum Gasteiger partial charge on any atom is 0.407 e. The Balaban J connectivity index is 4.99. The van der Waals surface area contributed by atoms with E-state index in [1.807, 2.05) is 20.8 Å². The molecule has 1 unspecified atom stereocenters. The van der Waals surface area contributed by atoms with E-state index in [0.29, 0.717) is 13.1 Å². The van der Waals surface area contributed by atoms with E-state index in [2.05, 4.69) is 33.9 Å². The van der Waals surface area contributed by atoms with Crippen LogP contribution in [0, 0.1) is 0 Å². The zero-order chi connectivity index (χ0) is 16.4. The second-order valence-electron chi connectivity index (χ2n) is 7.80. The topological polar surface area (TPSA) is 75.8 Å². The van der Waals surface area contributed by atoms with Crippen molar-refractivity contribution in [3.05, 3.63) is 0 Å². The third kappa shape index (κ3) is 5.42. The normalized spacial score (nSPS) is 15.1. The molecule has 20 heavy (non-hydrogen) atoms. The standard InChI is InChI=1S/C14H32N2O3Si/c1-13(2,3)16(12(17)18)10-11(9-15)19-20(7,8)14(4,5)6/h11H,9-10,15H2,1-8H3,(H,17,18). The molecule has 0 aliphatic rings. The van der Waals surface area contributed by atoms with Gasteiger partial charge in [0.2, 0.25) is 0 Å². The number of nitrogens with zero attached hydrogens (tertiary/aromatic N) is 1. The van der Waals surface area contributed by atoms with Gasteiger partial charge < -0.3 is 20.2 Å². The van der Waals surface area contributed by atoms with Crippen LogP contribution in [0.4, 0.5) is 4.79 Å². The van der Waals surface area contributed by atoms with Crippen LogP contribution in [-0.2, 0) is 4.43 Å². The summed E-state index contributed by atoms with van der Waals surface area (Å²) in [7, 11) is -1.95. The molecule has 0 fully saturated rings. The smallest absolute Gasteiger partial charge is 0.407 e. The number of nitrogens with two attached hydrogens (primary N) is 1. The van der Waals surface area contributed by atoms with Gasteiger partial charge in [-0.3, -0.25) is 0 Å². The number of amides is 1. The highest BCUT2D eigenvalue weighted by molar-refractivity contribution is 6.74. The van der Waals surface area contributed by atoms with Crippen LogP contribution in [0.2, 0.25) is 18.1 Å². The molecule has 1 amide bonds. The summed E-state index contributed by atoms with van der Waals surface area (Å²) in [6, 6.07) is 0. The Morgan fingerprint density at radius 1 is 1.25 bits per heavy atom. The van der Waals surface area contributed by atoms with E-state index in [1.54, 1.807) is 0 Å². The average molecular weight is 305 g/mol. The molecule has 0 aromatic heterocycles. The molecule has 0 aliphatic carbocycles. The molecule has 0 saturated carbocycles. The predicted octanol–water partition coefficient (Wildman–Crippen LogP) is 3.11. The van der Waals surface area contributed by atoms with Gasteiger partial charge in [-0.1, -0.05) is 20.8 Å². The van der Waals surface area contributed by atoms with E-state index < -0.39 is 19.9 Å². The molecule has 0 radical (unpaired) electrons. The highest BCUT2D eigenvalue weighted by Gasteiger charge is 2.40. The van der Waals surface area contributed by atoms with Crippen molar-refractivity contribution in [2.24, 2.45) is 5.73 Å². The van der Waals surface area contributed by atoms with Gasteiger partial charge in [0.15, 0.2) is 8.32 Å². The molecule has 0 aromatic rings. The summed E-state index contributed by atoms with van der Waals surface area (Å²) in [6.07, 6.45) is -1.19. The monoisotopic (exact) mass is 304 g/mol. The van der Waals surface area contributed by atoms with Crippen molar-refractivity contribution in [2.75, 3.05) is 13.1 Å². The molecular weight excluding hydrogens is 272 g/mol. The van der Waals surface area contributed by atoms with Crippen LogP contribution in [0.5, 0.6) is 0 Å². The lowest BCUT2D eigenvalue weighted by Crippen LogP contribution is -2.54. The third-order valence-corrected chi connectivity index (χ3v) is 8.49. The summed E-state index contributed by atoms with van der Waals surface area (Å²) in [5.41, 5.74) is 5.33. The molecule has 0 spiro atoms. The van der Waals surface area contributed by atoms with E-state index >= 15 is 0 Å². The molecular formula is C14H32N2O3Si. The molecule has 0 rings (SSSR count). The Bertz CT molecular complexity index is 332. The fraction of sp³-hybridized carbons (Fsp3) is 0.929. The van der Waals surface area contributed by atoms with Crippen LogP contribution in [-0.4, -0.2) is 49.1 Å². The van der Waals surface area contributed by atoms with Crippen molar-refractivity contribution >= 4 is 14.4 Å². The quantitative estimate of drug-likeness (QED) is 0.765. The average Bonchev–Trinajstić information content (AvgIpc) is 2.19. The Kier molecular flexibility index (Phi) is 6.26. The predicted molar refractivity (Wildman–Crippen MR) is 85.6 cm³/mol. The molecule has 0 bridgehead atoms. The summed E-state index contributed by atoms with van der Waals surface area (Å²) in [4.78, 5) is 12.8. The van der Waals surface area contributed by atoms with Gasteiger partial charge in [0.25, 0.3) is 0 Å². The van der Waals surface area contributed by atoms with Crippen molar-refractivity contribution in [3.8, 4) is 0 Å². The lowest BCUT2D eigenvalue weighted by Gasteiger charge is -2.42. The summed E-state index contributed by atoms with van der Waals surface area (Å²) < 4.78 is 6.24. The SMILES string of the molecule is CC(C)(C)N(CC(CN)O[Si](C)(C)C(C)(C)C)C(=O)O. The lowest BCUT2D eigenvalue weighted by atomic mass is 10.1. The van der Waals surface area contributed by atoms with Crippen molar-refractivity contribution in [1.29, 1.82) is 0 Å². The van der Waals surface area contributed by atoms with Crippen molar-refractivity contribution < 1.29 is 14.3 Å². The van der Waals surface area contributed by atoms with E-state index in [0.717, 1.165) is 0 Å². The van der Waals surface area contributed by atoms with Crippen molar-refractivity contribution in [1.82, 2.24) is 4.90 Å². The number of carbonyl (C=O) groups is 1. The number of rotatable bonds is 5. The van der Waals surface area contributed by atoms with Gasteiger partial charge in [-0.25, -0.2) is 4.79 Å². The second kappa shape index (κ2) is 6.45. The number of carboxylic acid groups (broad SMARTS) is 1. The molecule has 0 heterocycles. The minimum Gasteiger partial charge on any atom is -0.465 e. The number of hydrogen-bond acceptors (Lipinski definition) is 3. The Hall–Kier alpha value is -0.593. The Morgan fingerprint density at radius 3 is 1.95 bits per heavy atom. The minimum atomic E-state index is -1.95. The first kappa shape index (κ1) is 19.4. The molecule has 120 valence electrons. The van der Waals surface area contributed by atoms with Crippen LogP contribution >= 0.6 is 0 Å². The van der Waals surface area contributed by atoms with Crippen LogP contribution in [0.1, 0.15) is 41.5 Å². The molecule has 5 nitrogen and oxygen atoms in total. The van der Waals surface area contributed by atoms with E-state index in [9.17, 15) is 9.90 Å². The lowest BCUT2D eigenvalue weighted by molar-refractivity contribution is 0.0625. The first-order chi connectivity index (χ1) is 8.72. The second-order valence-corrected chi connectivity index (χ2v) is 12.6. The Morgan fingerprint density at radius 2 is 1.70 bits per heavy atom. The van der Waals surface area contributed by atoms with Gasteiger partial charge in [0, 0.05) is 12.1 Å². The maximum absolute atomic E-state index is 11.4. The van der Waals surface area contributed by atoms with Gasteiger partial charge in [-0.05, 0) is 38.9 Å². The van der Waals surface area contributed by atoms with Crippen LogP contribution in [0.25, 0.3) is 0 Å². The van der Waals surface area contributed by atoms with Crippen LogP contribution in [0.3, 0.4) is 0 Å². The summed E-state index contributed by atoms with van der Waals surface area (Å²) >= 11 is 0. The van der Waals surface area contributed by atoms with Crippen molar-refractivity contribution in [3.63, 3.8) is 0 Å². The van der Waals surface area contributed by atoms with E-state index in [-0.39, 0.29) is 11.1 Å². The fourth-order valence-electron chi connectivity index (χ4n) is 1.60. The molecule has 6 heteroatoms. The number of hydrogen-bond donors (Lipinski definition) is 2. The van der Waals surface area contributed by atoms with E-state index in [4.69, 9.17) is 10.2 Å². The minimum absolute atomic E-state index is 0.0796. The highest BCUT2D eigenvalue weighted by atomic mass is 28.4. The first-order valence-electron chi connectivity index (χ1n) is 7.11. The van der Waals surface area contributed by atoms with Crippen LogP contribution < -0.4 is 5.73 Å². The summed E-state index contributed by atoms with van der Waals surface area (Å²) in [5, 5.41) is 9.43. The molecule has 0 aliphatic heterocycles. The maximum atomic E-state index is 11.4. The van der Waals surface area contributed by atoms with Gasteiger partial charge in [-0.2, -0.15) is 0 Å². The Labute approximate surface area is 124 Å². The largest absolute Gasteiger partial charge is 0.465 e. The van der Waals surface area contributed by atoms with Gasteiger partial charge in [0.05, 0.1) is 12.6 Å². The van der Waals surface area contributed by atoms with Crippen molar-refractivity contribution in [2.45, 2.75) is 71.3 Å². The van der Waals surface area contributed by atoms with Gasteiger partial charge in [0.1, 0.15) is 0 Å². The van der Waals surface area contributed by atoms with E-state index in [1.165, 1.54) is 4.90 Å². The summed E-state index contributed by atoms with van der Waals surface area (Å²) in [5.74, 6) is 0. The van der Waals surface area contributed by atoms with Crippen LogP contribution in [0.15, 0.2) is 0 Å². The molecule has 3 N–H and O–H groups in total. The fourth-order valence-corrected chi connectivity index (χ4v) is 2.95. The molecule has 1 atom stereocenters.